The second-order valence-electron chi connectivity index (χ2n) is 1.34. The van der Waals surface area contributed by atoms with E-state index in [4.69, 9.17) is 5.11 Å². The lowest BCUT2D eigenvalue weighted by Gasteiger charge is -1.82. The lowest BCUT2D eigenvalue weighted by atomic mass is 10.3. The van der Waals surface area contributed by atoms with Crippen LogP contribution in [0.3, 0.4) is 0 Å². The Kier molecular flexibility index (Phi) is 9.92. The van der Waals surface area contributed by atoms with Crippen LogP contribution in [0, 0.1) is 0 Å². The standard InChI is InChI=1S/C6H6O.CH5N.ClH/c7-6-4-2-1-3-5-6;1-2;/h1-5,7H;2H2,1H3;1H. The van der Waals surface area contributed by atoms with Gasteiger partial charge in [0.2, 0.25) is 0 Å². The number of halogens is 1. The first-order valence-electron chi connectivity index (χ1n) is 2.71. The zero-order chi connectivity index (χ0) is 7.11. The minimum atomic E-state index is 0. The van der Waals surface area contributed by atoms with E-state index in [-0.39, 0.29) is 12.4 Å². The van der Waals surface area contributed by atoms with Crippen molar-refractivity contribution in [2.75, 3.05) is 7.05 Å². The number of phenols is 1. The molecule has 1 aromatic rings. The maximum atomic E-state index is 8.63. The van der Waals surface area contributed by atoms with Crippen LogP contribution < -0.4 is 5.73 Å². The van der Waals surface area contributed by atoms with Gasteiger partial charge in [-0.05, 0) is 19.2 Å². The molecule has 10 heavy (non-hydrogen) atoms. The summed E-state index contributed by atoms with van der Waals surface area (Å²) >= 11 is 0. The number of hydrogen-bond acceptors (Lipinski definition) is 2. The summed E-state index contributed by atoms with van der Waals surface area (Å²) < 4.78 is 0. The molecule has 0 aliphatic heterocycles. The van der Waals surface area contributed by atoms with E-state index in [2.05, 4.69) is 5.73 Å². The van der Waals surface area contributed by atoms with E-state index < -0.39 is 0 Å². The van der Waals surface area contributed by atoms with Crippen molar-refractivity contribution in [1.29, 1.82) is 0 Å². The van der Waals surface area contributed by atoms with E-state index in [0.29, 0.717) is 5.75 Å². The molecule has 58 valence electrons. The zero-order valence-electron chi connectivity index (χ0n) is 5.82. The summed E-state index contributed by atoms with van der Waals surface area (Å²) in [5.41, 5.74) is 4.50. The van der Waals surface area contributed by atoms with Crippen molar-refractivity contribution in [3.63, 3.8) is 0 Å². The van der Waals surface area contributed by atoms with Gasteiger partial charge in [-0.2, -0.15) is 0 Å². The molecule has 0 fully saturated rings. The Morgan fingerprint density at radius 2 is 1.50 bits per heavy atom. The fourth-order valence-corrected chi connectivity index (χ4v) is 0.428. The lowest BCUT2D eigenvalue weighted by molar-refractivity contribution is 0.475. The van der Waals surface area contributed by atoms with E-state index in [1.165, 1.54) is 7.05 Å². The number of aromatic hydroxyl groups is 1. The Morgan fingerprint density at radius 3 is 1.70 bits per heavy atom. The molecule has 0 atom stereocenters. The van der Waals surface area contributed by atoms with Gasteiger partial charge in [0.1, 0.15) is 5.75 Å². The fourth-order valence-electron chi connectivity index (χ4n) is 0.428. The third-order valence-corrected chi connectivity index (χ3v) is 0.756. The van der Waals surface area contributed by atoms with Crippen LogP contribution >= 0.6 is 12.4 Å². The second kappa shape index (κ2) is 8.27. The highest BCUT2D eigenvalue weighted by Gasteiger charge is 1.74. The minimum Gasteiger partial charge on any atom is -0.508 e. The largest absolute Gasteiger partial charge is 0.508 e. The van der Waals surface area contributed by atoms with Crippen molar-refractivity contribution in [2.45, 2.75) is 0 Å². The summed E-state index contributed by atoms with van der Waals surface area (Å²) in [7, 11) is 1.50. The molecule has 0 aliphatic rings. The molecule has 0 radical (unpaired) electrons. The number of benzene rings is 1. The molecule has 0 aliphatic carbocycles. The molecule has 3 N–H and O–H groups in total. The van der Waals surface area contributed by atoms with Crippen LogP contribution in [0.1, 0.15) is 0 Å². The molecule has 0 aromatic heterocycles. The van der Waals surface area contributed by atoms with Crippen LogP contribution in [0.4, 0.5) is 0 Å². The summed E-state index contributed by atoms with van der Waals surface area (Å²) in [5, 5.41) is 8.63. The Balaban J connectivity index is 0. The van der Waals surface area contributed by atoms with Gasteiger partial charge in [0.25, 0.3) is 0 Å². The number of nitrogens with two attached hydrogens (primary N) is 1. The van der Waals surface area contributed by atoms with E-state index in [0.717, 1.165) is 0 Å². The topological polar surface area (TPSA) is 46.2 Å². The van der Waals surface area contributed by atoms with Gasteiger partial charge in [0.15, 0.2) is 0 Å². The predicted octanol–water partition coefficient (Wildman–Crippen LogP) is 1.39. The fraction of sp³-hybridized carbons (Fsp3) is 0.143. The molecule has 3 heteroatoms. The summed E-state index contributed by atoms with van der Waals surface area (Å²) in [6.45, 7) is 0. The Morgan fingerprint density at radius 1 is 1.10 bits per heavy atom. The van der Waals surface area contributed by atoms with E-state index in [9.17, 15) is 0 Å². The molecular weight excluding hydrogens is 150 g/mol. The lowest BCUT2D eigenvalue weighted by Crippen LogP contribution is -1.69. The van der Waals surface area contributed by atoms with Crippen molar-refractivity contribution in [1.82, 2.24) is 0 Å². The third-order valence-electron chi connectivity index (χ3n) is 0.756. The van der Waals surface area contributed by atoms with E-state index in [1.807, 2.05) is 6.07 Å². The number of para-hydroxylation sites is 1. The van der Waals surface area contributed by atoms with Crippen molar-refractivity contribution < 1.29 is 5.11 Å². The molecule has 0 unspecified atom stereocenters. The summed E-state index contributed by atoms with van der Waals surface area (Å²) in [5.74, 6) is 0.322. The number of phenolic OH excluding ortho intramolecular Hbond substituents is 1. The quantitative estimate of drug-likeness (QED) is 0.604. The molecule has 0 bridgehead atoms. The monoisotopic (exact) mass is 161 g/mol. The van der Waals surface area contributed by atoms with Crippen molar-refractivity contribution in [3.05, 3.63) is 30.3 Å². The Hall–Kier alpha value is -0.730. The molecule has 1 rings (SSSR count). The van der Waals surface area contributed by atoms with Gasteiger partial charge in [-0.1, -0.05) is 18.2 Å². The normalized spacial score (nSPS) is 6.60. The molecule has 0 saturated heterocycles. The van der Waals surface area contributed by atoms with Gasteiger partial charge in [-0.25, -0.2) is 0 Å². The first-order valence-corrected chi connectivity index (χ1v) is 2.71. The van der Waals surface area contributed by atoms with Gasteiger partial charge in [0, 0.05) is 0 Å². The van der Waals surface area contributed by atoms with Crippen LogP contribution in [-0.4, -0.2) is 12.2 Å². The van der Waals surface area contributed by atoms with Crippen molar-refractivity contribution in [3.8, 4) is 5.75 Å². The van der Waals surface area contributed by atoms with Gasteiger partial charge in [0.05, 0.1) is 0 Å². The van der Waals surface area contributed by atoms with Crippen molar-refractivity contribution >= 4 is 12.4 Å². The smallest absolute Gasteiger partial charge is 0.115 e. The van der Waals surface area contributed by atoms with Gasteiger partial charge in [-0.3, -0.25) is 0 Å². The SMILES string of the molecule is CN.Cl.Oc1ccccc1. The number of hydrogen-bond donors (Lipinski definition) is 2. The maximum absolute atomic E-state index is 8.63. The molecule has 1 aromatic carbocycles. The first-order chi connectivity index (χ1) is 4.39. The summed E-state index contributed by atoms with van der Waals surface area (Å²) in [6.07, 6.45) is 0. The van der Waals surface area contributed by atoms with Crippen LogP contribution in [0.15, 0.2) is 30.3 Å². The Labute approximate surface area is 67.1 Å². The van der Waals surface area contributed by atoms with Crippen LogP contribution in [0.25, 0.3) is 0 Å². The second-order valence-corrected chi connectivity index (χ2v) is 1.34. The first kappa shape index (κ1) is 12.0. The molecule has 0 amide bonds. The van der Waals surface area contributed by atoms with Crippen LogP contribution in [0.5, 0.6) is 5.75 Å². The minimum absolute atomic E-state index is 0. The molecule has 2 nitrogen and oxygen atoms in total. The van der Waals surface area contributed by atoms with E-state index in [1.54, 1.807) is 24.3 Å². The maximum Gasteiger partial charge on any atom is 0.115 e. The highest BCUT2D eigenvalue weighted by molar-refractivity contribution is 5.85. The van der Waals surface area contributed by atoms with Crippen molar-refractivity contribution in [2.24, 2.45) is 5.73 Å². The average molecular weight is 162 g/mol. The zero-order valence-corrected chi connectivity index (χ0v) is 6.64. The van der Waals surface area contributed by atoms with Gasteiger partial charge in [-0.15, -0.1) is 12.4 Å². The van der Waals surface area contributed by atoms with Gasteiger partial charge < -0.3 is 10.8 Å². The average Bonchev–Trinajstić information content (AvgIpc) is 1.94. The highest BCUT2D eigenvalue weighted by Crippen LogP contribution is 2.02. The molecule has 0 spiro atoms. The third kappa shape index (κ3) is 5.41. The molecule has 0 heterocycles. The van der Waals surface area contributed by atoms with Crippen LogP contribution in [-0.2, 0) is 0 Å². The molecule has 0 saturated carbocycles. The van der Waals surface area contributed by atoms with E-state index >= 15 is 0 Å². The van der Waals surface area contributed by atoms with Crippen LogP contribution in [0.2, 0.25) is 0 Å². The summed E-state index contributed by atoms with van der Waals surface area (Å²) in [4.78, 5) is 0. The molecular formula is C7H12ClNO. The van der Waals surface area contributed by atoms with Gasteiger partial charge >= 0.3 is 0 Å². The predicted molar refractivity (Wildman–Crippen MR) is 45.5 cm³/mol. The number of rotatable bonds is 0. The highest BCUT2D eigenvalue weighted by atomic mass is 35.5. The summed E-state index contributed by atoms with van der Waals surface area (Å²) in [6, 6.07) is 8.71. The Bertz CT molecular complexity index is 144.